The fourth-order valence-corrected chi connectivity index (χ4v) is 2.52. The average Bonchev–Trinajstić information content (AvgIpc) is 2.86. The number of rotatable bonds is 2. The highest BCUT2D eigenvalue weighted by Gasteiger charge is 2.16. The van der Waals surface area contributed by atoms with E-state index in [0.29, 0.717) is 0 Å². The monoisotopic (exact) mass is 280 g/mol. The van der Waals surface area contributed by atoms with Crippen molar-refractivity contribution in [3.8, 4) is 0 Å². The molecule has 5 heteroatoms. The number of hydrogen-bond acceptors (Lipinski definition) is 3. The second-order valence-electron chi connectivity index (χ2n) is 4.27. The highest BCUT2D eigenvalue weighted by atomic mass is 79.9. The van der Waals surface area contributed by atoms with Crippen LogP contribution in [-0.4, -0.2) is 27.5 Å². The van der Waals surface area contributed by atoms with Gasteiger partial charge in [-0.15, -0.1) is 0 Å². The molecule has 0 amide bonds. The van der Waals surface area contributed by atoms with Crippen molar-refractivity contribution in [3.63, 3.8) is 0 Å². The molecule has 1 fully saturated rings. The van der Waals surface area contributed by atoms with Crippen molar-refractivity contribution >= 4 is 21.7 Å². The smallest absolute Gasteiger partial charge is 0.233 e. The molecule has 1 unspecified atom stereocenters. The largest absolute Gasteiger partial charge is 0.316 e. The Balaban J connectivity index is 1.86. The molecule has 84 valence electrons. The zero-order chi connectivity index (χ0) is 11.0. The van der Waals surface area contributed by atoms with E-state index < -0.39 is 0 Å². The molecule has 1 atom stereocenters. The van der Waals surface area contributed by atoms with Crippen LogP contribution in [-0.2, 0) is 6.42 Å². The predicted octanol–water partition coefficient (Wildman–Crippen LogP) is 1.64. The first-order chi connectivity index (χ1) is 7.81. The molecule has 3 heterocycles. The molecular weight excluding hydrogens is 268 g/mol. The summed E-state index contributed by atoms with van der Waals surface area (Å²) in [5.41, 5.74) is 1.14. The number of nitrogens with one attached hydrogen (secondary N) is 1. The Hall–Kier alpha value is -0.940. The van der Waals surface area contributed by atoms with Gasteiger partial charge in [0.25, 0.3) is 0 Å². The van der Waals surface area contributed by atoms with E-state index in [1.165, 1.54) is 6.42 Å². The molecule has 0 spiro atoms. The average molecular weight is 281 g/mol. The lowest BCUT2D eigenvalue weighted by molar-refractivity contribution is 0.573. The van der Waals surface area contributed by atoms with Gasteiger partial charge in [0.1, 0.15) is 0 Å². The summed E-state index contributed by atoms with van der Waals surface area (Å²) in [4.78, 5) is 8.79. The van der Waals surface area contributed by atoms with E-state index in [1.807, 2.05) is 10.6 Å². The zero-order valence-electron chi connectivity index (χ0n) is 8.86. The molecule has 0 aromatic carbocycles. The number of halogens is 1. The normalized spacial score (nSPS) is 20.7. The van der Waals surface area contributed by atoms with Gasteiger partial charge in [0.05, 0.1) is 10.2 Å². The van der Waals surface area contributed by atoms with E-state index in [1.54, 1.807) is 6.20 Å². The molecule has 3 rings (SSSR count). The van der Waals surface area contributed by atoms with Gasteiger partial charge in [-0.1, -0.05) is 0 Å². The van der Waals surface area contributed by atoms with Crippen LogP contribution in [0.4, 0.5) is 0 Å². The van der Waals surface area contributed by atoms with Crippen molar-refractivity contribution in [1.29, 1.82) is 0 Å². The standard InChI is InChI=1S/C11H13BrN4/c12-9-5-14-11-15-10(7-16(11)6-9)3-8-1-2-13-4-8/h5-8,13H,1-4H2. The van der Waals surface area contributed by atoms with Crippen LogP contribution in [0.15, 0.2) is 23.1 Å². The van der Waals surface area contributed by atoms with Gasteiger partial charge in [0.2, 0.25) is 5.78 Å². The summed E-state index contributed by atoms with van der Waals surface area (Å²) in [6.45, 7) is 2.26. The second kappa shape index (κ2) is 4.14. The minimum Gasteiger partial charge on any atom is -0.316 e. The molecule has 1 N–H and O–H groups in total. The Morgan fingerprint density at radius 1 is 1.50 bits per heavy atom. The van der Waals surface area contributed by atoms with Gasteiger partial charge in [-0.25, -0.2) is 9.97 Å². The Morgan fingerprint density at radius 3 is 3.25 bits per heavy atom. The van der Waals surface area contributed by atoms with Crippen LogP contribution in [0.2, 0.25) is 0 Å². The van der Waals surface area contributed by atoms with Gasteiger partial charge in [-0.2, -0.15) is 0 Å². The molecule has 0 radical (unpaired) electrons. The van der Waals surface area contributed by atoms with Crippen LogP contribution in [0.5, 0.6) is 0 Å². The first-order valence-electron chi connectivity index (χ1n) is 5.51. The number of aromatic nitrogens is 3. The molecule has 2 aromatic heterocycles. The van der Waals surface area contributed by atoms with Crippen molar-refractivity contribution < 1.29 is 0 Å². The first kappa shape index (κ1) is 10.2. The summed E-state index contributed by atoms with van der Waals surface area (Å²) < 4.78 is 2.95. The molecule has 1 saturated heterocycles. The van der Waals surface area contributed by atoms with Crippen LogP contribution >= 0.6 is 15.9 Å². The molecule has 1 aliphatic heterocycles. The highest BCUT2D eigenvalue weighted by Crippen LogP contribution is 2.16. The SMILES string of the molecule is Brc1cnc2nc(CC3CCNC3)cn2c1. The molecule has 0 bridgehead atoms. The molecule has 2 aromatic rings. The Morgan fingerprint density at radius 2 is 2.44 bits per heavy atom. The van der Waals surface area contributed by atoms with Crippen LogP contribution in [0.1, 0.15) is 12.1 Å². The van der Waals surface area contributed by atoms with Gasteiger partial charge in [-0.05, 0) is 47.8 Å². The van der Waals surface area contributed by atoms with Crippen LogP contribution in [0, 0.1) is 5.92 Å². The summed E-state index contributed by atoms with van der Waals surface area (Å²) in [5.74, 6) is 1.51. The van der Waals surface area contributed by atoms with E-state index in [4.69, 9.17) is 0 Å². The second-order valence-corrected chi connectivity index (χ2v) is 5.19. The van der Waals surface area contributed by atoms with E-state index in [0.717, 1.165) is 41.4 Å². The van der Waals surface area contributed by atoms with Crippen LogP contribution < -0.4 is 5.32 Å². The van der Waals surface area contributed by atoms with Crippen molar-refractivity contribution in [1.82, 2.24) is 19.7 Å². The van der Waals surface area contributed by atoms with Crippen molar-refractivity contribution in [2.75, 3.05) is 13.1 Å². The minimum atomic E-state index is 0.730. The van der Waals surface area contributed by atoms with E-state index >= 15 is 0 Å². The number of fused-ring (bicyclic) bond motifs is 1. The van der Waals surface area contributed by atoms with Gasteiger partial charge < -0.3 is 5.32 Å². The summed E-state index contributed by atoms with van der Waals surface area (Å²) in [5, 5.41) is 3.38. The molecule has 0 saturated carbocycles. The summed E-state index contributed by atoms with van der Waals surface area (Å²) >= 11 is 3.41. The summed E-state index contributed by atoms with van der Waals surface area (Å²) in [7, 11) is 0. The van der Waals surface area contributed by atoms with E-state index in [9.17, 15) is 0 Å². The topological polar surface area (TPSA) is 42.2 Å². The molecule has 16 heavy (non-hydrogen) atoms. The van der Waals surface area contributed by atoms with Gasteiger partial charge in [0.15, 0.2) is 0 Å². The summed E-state index contributed by atoms with van der Waals surface area (Å²) in [6.07, 6.45) is 8.15. The summed E-state index contributed by atoms with van der Waals surface area (Å²) in [6, 6.07) is 0. The third kappa shape index (κ3) is 1.97. The third-order valence-electron chi connectivity index (χ3n) is 2.99. The van der Waals surface area contributed by atoms with Crippen LogP contribution in [0.25, 0.3) is 5.78 Å². The quantitative estimate of drug-likeness (QED) is 0.910. The number of hydrogen-bond donors (Lipinski definition) is 1. The molecule has 1 aliphatic rings. The molecule has 0 aliphatic carbocycles. The maximum Gasteiger partial charge on any atom is 0.233 e. The zero-order valence-corrected chi connectivity index (χ0v) is 10.4. The van der Waals surface area contributed by atoms with Crippen molar-refractivity contribution in [2.24, 2.45) is 5.92 Å². The predicted molar refractivity (Wildman–Crippen MR) is 65.4 cm³/mol. The Bertz CT molecular complexity index is 502. The maximum absolute atomic E-state index is 4.52. The number of imidazole rings is 1. The number of nitrogens with zero attached hydrogens (tertiary/aromatic N) is 3. The van der Waals surface area contributed by atoms with Gasteiger partial charge in [0, 0.05) is 18.6 Å². The van der Waals surface area contributed by atoms with Crippen molar-refractivity contribution in [2.45, 2.75) is 12.8 Å². The lowest BCUT2D eigenvalue weighted by atomic mass is 10.0. The Labute approximate surface area is 102 Å². The van der Waals surface area contributed by atoms with Gasteiger partial charge >= 0.3 is 0 Å². The highest BCUT2D eigenvalue weighted by molar-refractivity contribution is 9.10. The van der Waals surface area contributed by atoms with Crippen molar-refractivity contribution in [3.05, 3.63) is 28.8 Å². The van der Waals surface area contributed by atoms with Crippen LogP contribution in [0.3, 0.4) is 0 Å². The minimum absolute atomic E-state index is 0.730. The first-order valence-corrected chi connectivity index (χ1v) is 6.30. The van der Waals surface area contributed by atoms with E-state index in [-0.39, 0.29) is 0 Å². The Kier molecular flexibility index (Phi) is 2.65. The maximum atomic E-state index is 4.52. The third-order valence-corrected chi connectivity index (χ3v) is 3.40. The molecular formula is C11H13BrN4. The lowest BCUT2D eigenvalue weighted by Crippen LogP contribution is -2.10. The van der Waals surface area contributed by atoms with E-state index in [2.05, 4.69) is 37.4 Å². The fourth-order valence-electron chi connectivity index (χ4n) is 2.19. The fraction of sp³-hybridized carbons (Fsp3) is 0.455. The lowest BCUT2D eigenvalue weighted by Gasteiger charge is -2.03. The van der Waals surface area contributed by atoms with Gasteiger partial charge in [-0.3, -0.25) is 4.40 Å². The molecule has 4 nitrogen and oxygen atoms in total.